The van der Waals surface area contributed by atoms with E-state index in [4.69, 9.17) is 16.3 Å². The topological polar surface area (TPSA) is 95.4 Å². The Hall–Kier alpha value is -3.07. The standard InChI is InChI=1S/C23H18ClN2O4P/c1-14-3-6-16(7-4-14)8-9-17-11-20-21(13-19(17)24)26-23(25-20)30-18-10-5-15(2)22(12-18)31(27,28)29/h3-7,10-13H,1-2H3,(H,25,26)(H2,27,28,29). The molecule has 4 aromatic rings. The van der Waals surface area contributed by atoms with E-state index in [0.717, 1.165) is 11.1 Å². The van der Waals surface area contributed by atoms with Crippen molar-refractivity contribution in [3.63, 3.8) is 0 Å². The van der Waals surface area contributed by atoms with Crippen molar-refractivity contribution < 1.29 is 19.1 Å². The van der Waals surface area contributed by atoms with Crippen molar-refractivity contribution in [3.8, 4) is 23.6 Å². The second-order valence-electron chi connectivity index (χ2n) is 7.10. The van der Waals surface area contributed by atoms with Gasteiger partial charge in [0, 0.05) is 11.1 Å². The maximum Gasteiger partial charge on any atom is 0.356 e. The van der Waals surface area contributed by atoms with Gasteiger partial charge in [0.2, 0.25) is 0 Å². The van der Waals surface area contributed by atoms with Crippen molar-refractivity contribution in [2.24, 2.45) is 0 Å². The number of nitrogens with zero attached hydrogens (tertiary/aromatic N) is 1. The molecular weight excluding hydrogens is 435 g/mol. The molecule has 0 saturated carbocycles. The van der Waals surface area contributed by atoms with Crippen LogP contribution in [0.25, 0.3) is 11.0 Å². The summed E-state index contributed by atoms with van der Waals surface area (Å²) in [6, 6.07) is 16.1. The van der Waals surface area contributed by atoms with Crippen molar-refractivity contribution in [2.45, 2.75) is 13.8 Å². The Balaban J connectivity index is 1.64. The Morgan fingerprint density at radius 1 is 1.03 bits per heavy atom. The van der Waals surface area contributed by atoms with Crippen molar-refractivity contribution >= 4 is 35.5 Å². The molecule has 0 aliphatic heterocycles. The lowest BCUT2D eigenvalue weighted by atomic mass is 10.1. The Labute approximate surface area is 184 Å². The number of ether oxygens (including phenoxy) is 1. The number of fused-ring (bicyclic) bond motifs is 1. The number of rotatable bonds is 3. The van der Waals surface area contributed by atoms with Gasteiger partial charge >= 0.3 is 7.60 Å². The Morgan fingerprint density at radius 2 is 1.77 bits per heavy atom. The predicted octanol–water partition coefficient (Wildman–Crippen LogP) is 4.83. The number of hydrogen-bond acceptors (Lipinski definition) is 3. The van der Waals surface area contributed by atoms with Crippen LogP contribution in [0.2, 0.25) is 5.02 Å². The molecule has 0 radical (unpaired) electrons. The highest BCUT2D eigenvalue weighted by Gasteiger charge is 2.21. The lowest BCUT2D eigenvalue weighted by molar-refractivity contribution is 0.386. The van der Waals surface area contributed by atoms with Crippen molar-refractivity contribution in [1.82, 2.24) is 9.97 Å². The summed E-state index contributed by atoms with van der Waals surface area (Å²) in [6.45, 7) is 3.64. The second-order valence-corrected chi connectivity index (χ2v) is 9.08. The highest BCUT2D eigenvalue weighted by molar-refractivity contribution is 7.60. The smallest absolute Gasteiger partial charge is 0.356 e. The fraction of sp³-hybridized carbons (Fsp3) is 0.0870. The first kappa shape index (κ1) is 21.2. The van der Waals surface area contributed by atoms with Gasteiger partial charge in [-0.05, 0) is 55.8 Å². The van der Waals surface area contributed by atoms with E-state index in [9.17, 15) is 14.4 Å². The predicted molar refractivity (Wildman–Crippen MR) is 121 cm³/mol. The normalized spacial score (nSPS) is 11.3. The van der Waals surface area contributed by atoms with E-state index < -0.39 is 7.60 Å². The van der Waals surface area contributed by atoms with Crippen molar-refractivity contribution in [1.29, 1.82) is 0 Å². The maximum atomic E-state index is 11.6. The Morgan fingerprint density at radius 3 is 2.48 bits per heavy atom. The summed E-state index contributed by atoms with van der Waals surface area (Å²) >= 11 is 6.37. The molecule has 8 heteroatoms. The van der Waals surface area contributed by atoms with Gasteiger partial charge < -0.3 is 19.5 Å². The summed E-state index contributed by atoms with van der Waals surface area (Å²) in [6.07, 6.45) is 0. The molecule has 6 nitrogen and oxygen atoms in total. The minimum absolute atomic E-state index is 0.0854. The molecule has 31 heavy (non-hydrogen) atoms. The first-order valence-corrected chi connectivity index (χ1v) is 11.3. The SMILES string of the molecule is Cc1ccc(C#Cc2cc3nc(Oc4ccc(C)c(P(=O)(O)O)c4)[nH]c3cc2Cl)cc1. The summed E-state index contributed by atoms with van der Waals surface area (Å²) in [7, 11) is -4.41. The average Bonchev–Trinajstić information content (AvgIpc) is 3.09. The summed E-state index contributed by atoms with van der Waals surface area (Å²) in [5, 5.41) is 0.388. The molecule has 156 valence electrons. The van der Waals surface area contributed by atoms with Gasteiger partial charge in [0.1, 0.15) is 5.75 Å². The van der Waals surface area contributed by atoms with Crippen LogP contribution in [0.1, 0.15) is 22.3 Å². The van der Waals surface area contributed by atoms with Crippen LogP contribution in [0.5, 0.6) is 11.8 Å². The molecule has 0 atom stereocenters. The maximum absolute atomic E-state index is 11.6. The fourth-order valence-electron chi connectivity index (χ4n) is 3.01. The highest BCUT2D eigenvalue weighted by atomic mass is 35.5. The van der Waals surface area contributed by atoms with Crippen LogP contribution >= 0.6 is 19.2 Å². The van der Waals surface area contributed by atoms with Crippen molar-refractivity contribution in [2.75, 3.05) is 0 Å². The van der Waals surface area contributed by atoms with Crippen LogP contribution in [0.15, 0.2) is 54.6 Å². The van der Waals surface area contributed by atoms with Crippen LogP contribution < -0.4 is 10.0 Å². The third-order valence-electron chi connectivity index (χ3n) is 4.65. The van der Waals surface area contributed by atoms with E-state index in [2.05, 4.69) is 21.8 Å². The van der Waals surface area contributed by atoms with Gasteiger partial charge in [0.25, 0.3) is 6.01 Å². The van der Waals surface area contributed by atoms with E-state index in [-0.39, 0.29) is 17.1 Å². The molecule has 3 N–H and O–H groups in total. The van der Waals surface area contributed by atoms with Crippen molar-refractivity contribution in [3.05, 3.63) is 81.9 Å². The van der Waals surface area contributed by atoms with E-state index in [1.165, 1.54) is 6.07 Å². The first-order chi connectivity index (χ1) is 14.7. The fourth-order valence-corrected chi connectivity index (χ4v) is 4.05. The number of hydrogen-bond donors (Lipinski definition) is 3. The number of H-pyrrole nitrogens is 1. The zero-order valence-corrected chi connectivity index (χ0v) is 18.3. The molecule has 0 aliphatic carbocycles. The summed E-state index contributed by atoms with van der Waals surface area (Å²) in [5.41, 5.74) is 4.42. The van der Waals surface area contributed by atoms with Crippen LogP contribution in [-0.2, 0) is 4.57 Å². The van der Waals surface area contributed by atoms with Gasteiger partial charge in [-0.25, -0.2) is 0 Å². The highest BCUT2D eigenvalue weighted by Crippen LogP contribution is 2.36. The number of nitrogens with one attached hydrogen (secondary N) is 1. The monoisotopic (exact) mass is 452 g/mol. The average molecular weight is 453 g/mol. The van der Waals surface area contributed by atoms with Gasteiger partial charge in [0.15, 0.2) is 0 Å². The number of aryl methyl sites for hydroxylation is 2. The molecular formula is C23H18ClN2O4P. The zero-order chi connectivity index (χ0) is 22.2. The van der Waals surface area contributed by atoms with Gasteiger partial charge in [-0.1, -0.05) is 47.2 Å². The van der Waals surface area contributed by atoms with Gasteiger partial charge in [-0.3, -0.25) is 4.57 Å². The van der Waals surface area contributed by atoms with Crippen LogP contribution in [0.3, 0.4) is 0 Å². The molecule has 0 spiro atoms. The van der Waals surface area contributed by atoms with E-state index >= 15 is 0 Å². The largest absolute Gasteiger partial charge is 0.426 e. The summed E-state index contributed by atoms with van der Waals surface area (Å²) in [5.74, 6) is 6.41. The molecule has 0 bridgehead atoms. The molecule has 0 saturated heterocycles. The lowest BCUT2D eigenvalue weighted by Gasteiger charge is -2.09. The van der Waals surface area contributed by atoms with E-state index in [1.54, 1.807) is 31.2 Å². The van der Waals surface area contributed by atoms with Gasteiger partial charge in [-0.2, -0.15) is 4.98 Å². The second kappa shape index (κ2) is 8.22. The molecule has 4 rings (SSSR count). The molecule has 3 aromatic carbocycles. The number of imidazole rings is 1. The number of aromatic amines is 1. The Bertz CT molecular complexity index is 1400. The van der Waals surface area contributed by atoms with Crippen LogP contribution in [0.4, 0.5) is 0 Å². The third-order valence-corrected chi connectivity index (χ3v) is 6.07. The molecule has 1 heterocycles. The molecule has 1 aromatic heterocycles. The van der Waals surface area contributed by atoms with E-state index in [1.807, 2.05) is 31.2 Å². The number of benzene rings is 3. The third kappa shape index (κ3) is 4.82. The minimum Gasteiger partial charge on any atom is -0.426 e. The Kier molecular flexibility index (Phi) is 5.62. The van der Waals surface area contributed by atoms with E-state index in [0.29, 0.717) is 27.2 Å². The lowest BCUT2D eigenvalue weighted by Crippen LogP contribution is -2.08. The molecule has 0 aliphatic rings. The number of aromatic nitrogens is 2. The zero-order valence-electron chi connectivity index (χ0n) is 16.7. The minimum atomic E-state index is -4.41. The number of halogens is 1. The first-order valence-electron chi connectivity index (χ1n) is 9.31. The van der Waals surface area contributed by atoms with Gasteiger partial charge in [0.05, 0.1) is 21.4 Å². The molecule has 0 unspecified atom stereocenters. The summed E-state index contributed by atoms with van der Waals surface area (Å²) in [4.78, 5) is 26.4. The molecule has 0 fully saturated rings. The summed E-state index contributed by atoms with van der Waals surface area (Å²) < 4.78 is 17.3. The van der Waals surface area contributed by atoms with Crippen LogP contribution in [-0.4, -0.2) is 19.8 Å². The van der Waals surface area contributed by atoms with Gasteiger partial charge in [-0.15, -0.1) is 0 Å². The van der Waals surface area contributed by atoms with Crippen LogP contribution in [0, 0.1) is 25.7 Å². The quantitative estimate of drug-likeness (QED) is 0.306. The molecule has 0 amide bonds.